The van der Waals surface area contributed by atoms with Crippen molar-refractivity contribution in [1.82, 2.24) is 9.80 Å². The molecule has 5 heterocycles. The Hall–Kier alpha value is 0.190. The van der Waals surface area contributed by atoms with Gasteiger partial charge in [-0.3, -0.25) is 9.80 Å². The Balaban J connectivity index is 1.43. The first kappa shape index (κ1) is 14.8. The third kappa shape index (κ3) is 2.88. The van der Waals surface area contributed by atoms with Gasteiger partial charge in [-0.25, -0.2) is 0 Å². The molecule has 21 heavy (non-hydrogen) atoms. The lowest BCUT2D eigenvalue weighted by atomic mass is 9.76. The molecule has 3 atom stereocenters. The van der Waals surface area contributed by atoms with Crippen LogP contribution in [0.4, 0.5) is 0 Å². The number of hydrogen-bond donors (Lipinski definition) is 1. The molecule has 3 unspecified atom stereocenters. The molecule has 120 valence electrons. The third-order valence-electron chi connectivity index (χ3n) is 6.24. The van der Waals surface area contributed by atoms with Gasteiger partial charge in [-0.15, -0.1) is 0 Å². The summed E-state index contributed by atoms with van der Waals surface area (Å²) in [6.07, 6.45) is 4.85. The zero-order chi connectivity index (χ0) is 14.3. The smallest absolute Gasteiger partial charge is 0.0701 e. The van der Waals surface area contributed by atoms with Crippen LogP contribution in [0.3, 0.4) is 0 Å². The summed E-state index contributed by atoms with van der Waals surface area (Å²) in [4.78, 5) is 5.26. The highest BCUT2D eigenvalue weighted by Crippen LogP contribution is 2.41. The molecular weight excluding hydrogens is 282 g/mol. The highest BCUT2D eigenvalue weighted by Gasteiger charge is 2.44. The van der Waals surface area contributed by atoms with Crippen molar-refractivity contribution in [3.63, 3.8) is 0 Å². The predicted molar refractivity (Wildman–Crippen MR) is 87.7 cm³/mol. The van der Waals surface area contributed by atoms with E-state index in [0.717, 1.165) is 6.61 Å². The zero-order valence-electron chi connectivity index (χ0n) is 13.0. The van der Waals surface area contributed by atoms with Gasteiger partial charge in [-0.05, 0) is 43.1 Å². The fourth-order valence-corrected chi connectivity index (χ4v) is 6.06. The number of nitrogens with two attached hydrogens (primary N) is 1. The molecule has 5 rings (SSSR count). The Morgan fingerprint density at radius 1 is 1.14 bits per heavy atom. The molecule has 0 aromatic carbocycles. The molecule has 1 spiro atoms. The number of hydrogen-bond acceptors (Lipinski definition) is 5. The quantitative estimate of drug-likeness (QED) is 0.824. The summed E-state index contributed by atoms with van der Waals surface area (Å²) >= 11 is 2.08. The van der Waals surface area contributed by atoms with Gasteiger partial charge >= 0.3 is 0 Å². The monoisotopic (exact) mass is 311 g/mol. The number of thioether (sulfide) groups is 1. The fraction of sp³-hybridized carbons (Fsp3) is 1.00. The largest absolute Gasteiger partial charge is 0.375 e. The highest BCUT2D eigenvalue weighted by atomic mass is 32.2. The minimum Gasteiger partial charge on any atom is -0.375 e. The Morgan fingerprint density at radius 3 is 2.57 bits per heavy atom. The minimum atomic E-state index is 0.176. The molecule has 0 aliphatic carbocycles. The van der Waals surface area contributed by atoms with E-state index in [1.807, 2.05) is 0 Å². The number of nitrogens with zero attached hydrogens (tertiary/aromatic N) is 2. The Morgan fingerprint density at radius 2 is 1.90 bits per heavy atom. The first-order valence-electron chi connectivity index (χ1n) is 8.69. The van der Waals surface area contributed by atoms with Gasteiger partial charge < -0.3 is 10.5 Å². The SMILES string of the molecule is NC(C1CCOC2(CCSCC2)C1)C1CN2CCN1CC2. The van der Waals surface area contributed by atoms with Crippen molar-refractivity contribution in [1.29, 1.82) is 0 Å². The number of ether oxygens (including phenoxy) is 1. The van der Waals surface area contributed by atoms with E-state index in [0.29, 0.717) is 18.0 Å². The van der Waals surface area contributed by atoms with Gasteiger partial charge in [0.1, 0.15) is 0 Å². The van der Waals surface area contributed by atoms with Crippen LogP contribution in [-0.4, -0.2) is 78.3 Å². The first-order chi connectivity index (χ1) is 10.3. The molecule has 0 radical (unpaired) electrons. The van der Waals surface area contributed by atoms with Crippen LogP contribution in [0, 0.1) is 5.92 Å². The lowest BCUT2D eigenvalue weighted by Crippen LogP contribution is -2.67. The van der Waals surface area contributed by atoms with E-state index < -0.39 is 0 Å². The molecule has 5 heteroatoms. The lowest BCUT2D eigenvalue weighted by Gasteiger charge is -2.52. The highest BCUT2D eigenvalue weighted by molar-refractivity contribution is 7.99. The van der Waals surface area contributed by atoms with Crippen molar-refractivity contribution in [2.45, 2.75) is 43.4 Å². The van der Waals surface area contributed by atoms with Gasteiger partial charge in [0.2, 0.25) is 0 Å². The second kappa shape index (κ2) is 6.00. The second-order valence-corrected chi connectivity index (χ2v) is 8.60. The van der Waals surface area contributed by atoms with Gasteiger partial charge in [-0.1, -0.05) is 0 Å². The number of piperazine rings is 3. The third-order valence-corrected chi connectivity index (χ3v) is 7.23. The maximum atomic E-state index is 6.77. The van der Waals surface area contributed by atoms with Crippen LogP contribution in [0.25, 0.3) is 0 Å². The number of fused-ring (bicyclic) bond motifs is 3. The maximum absolute atomic E-state index is 6.77. The molecule has 0 aromatic heterocycles. The van der Waals surface area contributed by atoms with Gasteiger partial charge in [0.15, 0.2) is 0 Å². The van der Waals surface area contributed by atoms with Gasteiger partial charge in [0.25, 0.3) is 0 Å². The van der Waals surface area contributed by atoms with E-state index in [-0.39, 0.29) is 5.60 Å². The molecule has 0 amide bonds. The average Bonchev–Trinajstić information content (AvgIpc) is 2.56. The van der Waals surface area contributed by atoms with Crippen LogP contribution in [0.15, 0.2) is 0 Å². The fourth-order valence-electron chi connectivity index (χ4n) is 4.82. The second-order valence-electron chi connectivity index (χ2n) is 7.38. The van der Waals surface area contributed by atoms with Crippen molar-refractivity contribution in [3.8, 4) is 0 Å². The molecular formula is C16H29N3OS. The van der Waals surface area contributed by atoms with Gasteiger partial charge in [-0.2, -0.15) is 11.8 Å². The molecule has 2 N–H and O–H groups in total. The molecule has 0 saturated carbocycles. The van der Waals surface area contributed by atoms with E-state index in [2.05, 4.69) is 21.6 Å². The summed E-state index contributed by atoms with van der Waals surface area (Å²) in [5, 5.41) is 0. The topological polar surface area (TPSA) is 41.7 Å². The van der Waals surface area contributed by atoms with Crippen molar-refractivity contribution in [2.24, 2.45) is 11.7 Å². The van der Waals surface area contributed by atoms with E-state index in [9.17, 15) is 0 Å². The zero-order valence-corrected chi connectivity index (χ0v) is 13.8. The molecule has 4 nitrogen and oxygen atoms in total. The van der Waals surface area contributed by atoms with E-state index in [1.54, 1.807) is 0 Å². The normalized spacial score (nSPS) is 43.9. The summed E-state index contributed by atoms with van der Waals surface area (Å²) in [7, 11) is 0. The Bertz CT molecular complexity index is 361. The van der Waals surface area contributed by atoms with E-state index in [4.69, 9.17) is 10.5 Å². The first-order valence-corrected chi connectivity index (χ1v) is 9.85. The minimum absolute atomic E-state index is 0.176. The summed E-state index contributed by atoms with van der Waals surface area (Å²) in [5.41, 5.74) is 6.95. The molecule has 5 aliphatic heterocycles. The molecule has 0 aromatic rings. The van der Waals surface area contributed by atoms with Gasteiger partial charge in [0, 0.05) is 51.4 Å². The summed E-state index contributed by atoms with van der Waals surface area (Å²) in [6.45, 7) is 7.07. The Kier molecular flexibility index (Phi) is 4.22. The van der Waals surface area contributed by atoms with Crippen LogP contribution >= 0.6 is 11.8 Å². The maximum Gasteiger partial charge on any atom is 0.0701 e. The van der Waals surface area contributed by atoms with Crippen LogP contribution in [0.5, 0.6) is 0 Å². The van der Waals surface area contributed by atoms with Crippen LogP contribution in [-0.2, 0) is 4.74 Å². The van der Waals surface area contributed by atoms with Crippen molar-refractivity contribution >= 4 is 11.8 Å². The van der Waals surface area contributed by atoms with E-state index >= 15 is 0 Å². The lowest BCUT2D eigenvalue weighted by molar-refractivity contribution is -0.113. The summed E-state index contributed by atoms with van der Waals surface area (Å²) in [5.74, 6) is 3.20. The molecule has 2 bridgehead atoms. The summed E-state index contributed by atoms with van der Waals surface area (Å²) in [6, 6.07) is 0.925. The predicted octanol–water partition coefficient (Wildman–Crippen LogP) is 1.01. The average molecular weight is 311 g/mol. The summed E-state index contributed by atoms with van der Waals surface area (Å²) < 4.78 is 6.24. The standard InChI is InChI=1S/C16H29N3OS/c17-15(14-12-18-4-6-19(14)7-5-18)13-1-8-20-16(11-13)2-9-21-10-3-16/h13-15H,1-12,17H2. The molecule has 5 saturated heterocycles. The Labute approximate surface area is 132 Å². The van der Waals surface area contributed by atoms with Crippen LogP contribution in [0.2, 0.25) is 0 Å². The van der Waals surface area contributed by atoms with Crippen LogP contribution < -0.4 is 5.73 Å². The molecule has 5 fully saturated rings. The van der Waals surface area contributed by atoms with Crippen molar-refractivity contribution in [2.75, 3.05) is 50.8 Å². The van der Waals surface area contributed by atoms with E-state index in [1.165, 1.54) is 69.9 Å². The van der Waals surface area contributed by atoms with Gasteiger partial charge in [0.05, 0.1) is 5.60 Å². The number of rotatable bonds is 2. The molecule has 5 aliphatic rings. The van der Waals surface area contributed by atoms with Crippen LogP contribution in [0.1, 0.15) is 25.7 Å². The van der Waals surface area contributed by atoms with Crippen molar-refractivity contribution < 1.29 is 4.74 Å². The van der Waals surface area contributed by atoms with Crippen molar-refractivity contribution in [3.05, 3.63) is 0 Å².